The molecule has 0 atom stereocenters. The van der Waals surface area contributed by atoms with Crippen molar-refractivity contribution < 1.29 is 24.1 Å². The van der Waals surface area contributed by atoms with Gasteiger partial charge in [0.05, 0.1) is 14.2 Å². The van der Waals surface area contributed by atoms with Crippen molar-refractivity contribution in [2.75, 3.05) is 14.2 Å². The van der Waals surface area contributed by atoms with E-state index in [4.69, 9.17) is 19.3 Å². The summed E-state index contributed by atoms with van der Waals surface area (Å²) in [5.41, 5.74) is 0.0809. The van der Waals surface area contributed by atoms with E-state index in [1.165, 1.54) is 20.3 Å². The van der Waals surface area contributed by atoms with Crippen molar-refractivity contribution in [3.05, 3.63) is 48.0 Å². The molecule has 0 aliphatic rings. The molecule has 0 amide bonds. The Morgan fingerprint density at radius 2 is 1.55 bits per heavy atom. The molecule has 0 unspecified atom stereocenters. The van der Waals surface area contributed by atoms with Crippen molar-refractivity contribution in [1.82, 2.24) is 0 Å². The summed E-state index contributed by atoms with van der Waals surface area (Å²) in [5.74, 6) is 0.502. The minimum Gasteiger partial charge on any atom is -0.493 e. The van der Waals surface area contributed by atoms with Crippen molar-refractivity contribution in [1.29, 1.82) is 0 Å². The molecule has 1 N–H and O–H groups in total. The van der Waals surface area contributed by atoms with Crippen molar-refractivity contribution in [2.45, 2.75) is 0 Å². The number of hydrogen-bond acceptors (Lipinski definition) is 4. The zero-order chi connectivity index (χ0) is 14.5. The number of ether oxygens (including phenoxy) is 3. The minimum atomic E-state index is -1.05. The second-order valence-electron chi connectivity index (χ2n) is 3.90. The van der Waals surface area contributed by atoms with Crippen LogP contribution in [0.5, 0.6) is 23.0 Å². The highest BCUT2D eigenvalue weighted by atomic mass is 16.5. The fourth-order valence-corrected chi connectivity index (χ4v) is 1.79. The van der Waals surface area contributed by atoms with Gasteiger partial charge in [-0.15, -0.1) is 0 Å². The Morgan fingerprint density at radius 1 is 0.900 bits per heavy atom. The predicted octanol–water partition coefficient (Wildman–Crippen LogP) is 3.19. The Morgan fingerprint density at radius 3 is 2.20 bits per heavy atom. The van der Waals surface area contributed by atoms with Crippen molar-refractivity contribution in [3.63, 3.8) is 0 Å². The first-order valence-electron chi connectivity index (χ1n) is 5.88. The smallest absolute Gasteiger partial charge is 0.339 e. The van der Waals surface area contributed by atoms with Gasteiger partial charge in [0.15, 0.2) is 11.5 Å². The summed E-state index contributed by atoms with van der Waals surface area (Å²) in [5, 5.41) is 9.13. The van der Waals surface area contributed by atoms with Crippen LogP contribution in [0.1, 0.15) is 10.4 Å². The number of para-hydroxylation sites is 2. The average Bonchev–Trinajstić information content (AvgIpc) is 2.47. The molecule has 0 aliphatic heterocycles. The third kappa shape index (κ3) is 2.66. The largest absolute Gasteiger partial charge is 0.493 e. The summed E-state index contributed by atoms with van der Waals surface area (Å²) < 4.78 is 16.1. The predicted molar refractivity (Wildman–Crippen MR) is 73.0 cm³/mol. The van der Waals surface area contributed by atoms with Gasteiger partial charge in [-0.1, -0.05) is 18.2 Å². The first kappa shape index (κ1) is 13.7. The Balaban J connectivity index is 2.43. The topological polar surface area (TPSA) is 65.0 Å². The third-order valence-corrected chi connectivity index (χ3v) is 2.70. The van der Waals surface area contributed by atoms with Crippen LogP contribution in [-0.4, -0.2) is 25.3 Å². The molecular formula is C15H14O5. The lowest BCUT2D eigenvalue weighted by Crippen LogP contribution is -2.00. The monoisotopic (exact) mass is 274 g/mol. The highest BCUT2D eigenvalue weighted by Crippen LogP contribution is 2.39. The van der Waals surface area contributed by atoms with E-state index < -0.39 is 5.97 Å². The lowest BCUT2D eigenvalue weighted by molar-refractivity contribution is 0.0694. The van der Waals surface area contributed by atoms with Crippen LogP contribution < -0.4 is 14.2 Å². The molecule has 2 rings (SSSR count). The van der Waals surface area contributed by atoms with Crippen molar-refractivity contribution in [3.8, 4) is 23.0 Å². The second-order valence-corrected chi connectivity index (χ2v) is 3.90. The van der Waals surface area contributed by atoms with Gasteiger partial charge in [-0.3, -0.25) is 0 Å². The number of benzene rings is 2. The molecule has 5 nitrogen and oxygen atoms in total. The van der Waals surface area contributed by atoms with E-state index >= 15 is 0 Å². The first-order valence-corrected chi connectivity index (χ1v) is 5.88. The molecular weight excluding hydrogens is 260 g/mol. The van der Waals surface area contributed by atoms with Crippen LogP contribution in [0.25, 0.3) is 0 Å². The maximum Gasteiger partial charge on any atom is 0.339 e. The summed E-state index contributed by atoms with van der Waals surface area (Å²) >= 11 is 0. The first-order chi connectivity index (χ1) is 9.67. The second kappa shape index (κ2) is 5.97. The van der Waals surface area contributed by atoms with E-state index in [1.807, 2.05) is 0 Å². The van der Waals surface area contributed by atoms with E-state index in [0.717, 1.165) is 0 Å². The highest BCUT2D eigenvalue weighted by molar-refractivity contribution is 5.91. The van der Waals surface area contributed by atoms with Crippen LogP contribution in [0.15, 0.2) is 42.5 Å². The molecule has 0 saturated heterocycles. The van der Waals surface area contributed by atoms with Crippen molar-refractivity contribution >= 4 is 5.97 Å². The van der Waals surface area contributed by atoms with Gasteiger partial charge in [-0.2, -0.15) is 0 Å². The van der Waals surface area contributed by atoms with Gasteiger partial charge in [-0.05, 0) is 24.3 Å². The van der Waals surface area contributed by atoms with Crippen LogP contribution in [0, 0.1) is 0 Å². The van der Waals surface area contributed by atoms with Crippen LogP contribution >= 0.6 is 0 Å². The summed E-state index contributed by atoms with van der Waals surface area (Å²) in [6.45, 7) is 0. The molecule has 0 spiro atoms. The maximum absolute atomic E-state index is 11.2. The maximum atomic E-state index is 11.2. The number of carbonyl (C=O) groups is 1. The molecule has 104 valence electrons. The SMILES string of the molecule is COc1cccc(Oc2ccccc2C(=O)O)c1OC. The molecule has 5 heteroatoms. The van der Waals surface area contributed by atoms with Gasteiger partial charge in [-0.25, -0.2) is 4.79 Å². The Bertz CT molecular complexity index is 621. The van der Waals surface area contributed by atoms with E-state index in [1.54, 1.807) is 36.4 Å². The number of carboxylic acids is 1. The van der Waals surface area contributed by atoms with Gasteiger partial charge in [0.25, 0.3) is 0 Å². The van der Waals surface area contributed by atoms with Gasteiger partial charge < -0.3 is 19.3 Å². The van der Waals surface area contributed by atoms with Gasteiger partial charge >= 0.3 is 5.97 Å². The zero-order valence-corrected chi connectivity index (χ0v) is 11.1. The molecule has 0 bridgehead atoms. The standard InChI is InChI=1S/C15H14O5/c1-18-12-8-5-9-13(14(12)19-2)20-11-7-4-3-6-10(11)15(16)17/h3-9H,1-2H3,(H,16,17). The number of hydrogen-bond donors (Lipinski definition) is 1. The summed E-state index contributed by atoms with van der Waals surface area (Å²) in [4.78, 5) is 11.2. The van der Waals surface area contributed by atoms with Gasteiger partial charge in [0, 0.05) is 0 Å². The Hall–Kier alpha value is -2.69. The van der Waals surface area contributed by atoms with Gasteiger partial charge in [0.1, 0.15) is 11.3 Å². The van der Waals surface area contributed by atoms with Gasteiger partial charge in [0.2, 0.25) is 5.75 Å². The Kier molecular flexibility index (Phi) is 4.10. The molecule has 0 aliphatic carbocycles. The fraction of sp³-hybridized carbons (Fsp3) is 0.133. The molecule has 2 aromatic carbocycles. The molecule has 0 heterocycles. The van der Waals surface area contributed by atoms with E-state index in [9.17, 15) is 4.79 Å². The number of methoxy groups -OCH3 is 2. The minimum absolute atomic E-state index is 0.0809. The Labute approximate surface area is 116 Å². The average molecular weight is 274 g/mol. The van der Waals surface area contributed by atoms with E-state index in [-0.39, 0.29) is 11.3 Å². The van der Waals surface area contributed by atoms with E-state index in [0.29, 0.717) is 17.2 Å². The van der Waals surface area contributed by atoms with Crippen LogP contribution in [0.3, 0.4) is 0 Å². The molecule has 2 aromatic rings. The lowest BCUT2D eigenvalue weighted by Gasteiger charge is -2.14. The van der Waals surface area contributed by atoms with E-state index in [2.05, 4.69) is 0 Å². The summed E-state index contributed by atoms with van der Waals surface area (Å²) in [7, 11) is 3.01. The molecule has 0 radical (unpaired) electrons. The number of carboxylic acid groups (broad SMARTS) is 1. The van der Waals surface area contributed by atoms with Crippen LogP contribution in [0.4, 0.5) is 0 Å². The summed E-state index contributed by atoms with van der Waals surface area (Å²) in [6.07, 6.45) is 0. The molecule has 0 fully saturated rings. The zero-order valence-electron chi connectivity index (χ0n) is 11.1. The molecule has 20 heavy (non-hydrogen) atoms. The summed E-state index contributed by atoms with van der Waals surface area (Å²) in [6, 6.07) is 11.6. The van der Waals surface area contributed by atoms with Crippen LogP contribution in [0.2, 0.25) is 0 Å². The number of aromatic carboxylic acids is 1. The molecule has 0 aromatic heterocycles. The quantitative estimate of drug-likeness (QED) is 0.907. The lowest BCUT2D eigenvalue weighted by atomic mass is 10.2. The molecule has 0 saturated carbocycles. The number of rotatable bonds is 5. The highest BCUT2D eigenvalue weighted by Gasteiger charge is 2.15. The third-order valence-electron chi connectivity index (χ3n) is 2.70. The fourth-order valence-electron chi connectivity index (χ4n) is 1.79. The van der Waals surface area contributed by atoms with Crippen LogP contribution in [-0.2, 0) is 0 Å². The normalized spacial score (nSPS) is 9.90. The van der Waals surface area contributed by atoms with Crippen molar-refractivity contribution in [2.24, 2.45) is 0 Å².